The second kappa shape index (κ2) is 4.03. The third kappa shape index (κ3) is 1.68. The van der Waals surface area contributed by atoms with Gasteiger partial charge in [-0.1, -0.05) is 0 Å². The van der Waals surface area contributed by atoms with E-state index in [-0.39, 0.29) is 6.10 Å². The summed E-state index contributed by atoms with van der Waals surface area (Å²) in [5.41, 5.74) is 0. The molecule has 0 saturated carbocycles. The van der Waals surface area contributed by atoms with Crippen molar-refractivity contribution < 1.29 is 5.11 Å². The van der Waals surface area contributed by atoms with E-state index in [0.717, 1.165) is 25.2 Å². The van der Waals surface area contributed by atoms with Gasteiger partial charge in [0.15, 0.2) is 0 Å². The Hall–Kier alpha value is -1.13. The molecule has 0 unspecified atom stereocenters. The van der Waals surface area contributed by atoms with Crippen LogP contribution in [-0.2, 0) is 0 Å². The molecule has 0 bridgehead atoms. The average molecular weight is 234 g/mol. The molecule has 1 saturated heterocycles. The first kappa shape index (κ1) is 10.1. The van der Waals surface area contributed by atoms with Crippen LogP contribution in [0.25, 0.3) is 10.1 Å². The Balaban J connectivity index is 2.01. The van der Waals surface area contributed by atoms with Gasteiger partial charge in [-0.15, -0.1) is 11.3 Å². The van der Waals surface area contributed by atoms with Gasteiger partial charge >= 0.3 is 0 Å². The molecule has 16 heavy (non-hydrogen) atoms. The SMILES string of the molecule is O[C@H]1CCCN(c2nccc3sccc23)C1. The Kier molecular flexibility index (Phi) is 2.53. The fourth-order valence-corrected chi connectivity index (χ4v) is 3.06. The maximum atomic E-state index is 9.70. The minimum absolute atomic E-state index is 0.204. The predicted octanol–water partition coefficient (Wildman–Crippen LogP) is 2.26. The third-order valence-corrected chi connectivity index (χ3v) is 3.94. The van der Waals surface area contributed by atoms with Crippen molar-refractivity contribution in [1.29, 1.82) is 0 Å². The van der Waals surface area contributed by atoms with E-state index in [2.05, 4.69) is 21.3 Å². The monoisotopic (exact) mass is 234 g/mol. The molecule has 0 radical (unpaired) electrons. The molecular weight excluding hydrogens is 220 g/mol. The van der Waals surface area contributed by atoms with E-state index < -0.39 is 0 Å². The van der Waals surface area contributed by atoms with Gasteiger partial charge in [0, 0.05) is 29.4 Å². The maximum Gasteiger partial charge on any atom is 0.137 e. The van der Waals surface area contributed by atoms with Crippen molar-refractivity contribution in [3.8, 4) is 0 Å². The number of aromatic nitrogens is 1. The molecule has 3 heterocycles. The van der Waals surface area contributed by atoms with Crippen molar-refractivity contribution in [2.45, 2.75) is 18.9 Å². The number of hydrogen-bond donors (Lipinski definition) is 1. The van der Waals surface area contributed by atoms with Crippen molar-refractivity contribution in [2.75, 3.05) is 18.0 Å². The number of nitrogens with zero attached hydrogens (tertiary/aromatic N) is 2. The third-order valence-electron chi connectivity index (χ3n) is 3.05. The molecule has 0 aromatic carbocycles. The molecule has 3 rings (SSSR count). The smallest absolute Gasteiger partial charge is 0.137 e. The van der Waals surface area contributed by atoms with Gasteiger partial charge < -0.3 is 10.0 Å². The fourth-order valence-electron chi connectivity index (χ4n) is 2.28. The highest BCUT2D eigenvalue weighted by Crippen LogP contribution is 2.29. The van der Waals surface area contributed by atoms with Crippen LogP contribution in [0, 0.1) is 0 Å². The van der Waals surface area contributed by atoms with E-state index in [1.807, 2.05) is 12.3 Å². The molecule has 1 atom stereocenters. The Morgan fingerprint density at radius 3 is 3.25 bits per heavy atom. The number of rotatable bonds is 1. The number of aliphatic hydroxyl groups is 1. The number of anilines is 1. The lowest BCUT2D eigenvalue weighted by Gasteiger charge is -2.31. The summed E-state index contributed by atoms with van der Waals surface area (Å²) in [7, 11) is 0. The lowest BCUT2D eigenvalue weighted by Crippen LogP contribution is -2.38. The standard InChI is InChI=1S/C12H14N2OS/c15-9-2-1-6-14(8-9)12-10-4-7-16-11(10)3-5-13-12/h3-5,7,9,15H,1-2,6,8H2/t9-/m0/s1. The van der Waals surface area contributed by atoms with E-state index in [1.165, 1.54) is 10.1 Å². The summed E-state index contributed by atoms with van der Waals surface area (Å²) in [5, 5.41) is 13.0. The molecule has 84 valence electrons. The molecule has 0 amide bonds. The largest absolute Gasteiger partial charge is 0.391 e. The zero-order valence-electron chi connectivity index (χ0n) is 8.97. The summed E-state index contributed by atoms with van der Waals surface area (Å²) >= 11 is 1.74. The van der Waals surface area contributed by atoms with E-state index in [1.54, 1.807) is 11.3 Å². The molecular formula is C12H14N2OS. The molecule has 1 aliphatic heterocycles. The lowest BCUT2D eigenvalue weighted by molar-refractivity contribution is 0.154. The van der Waals surface area contributed by atoms with Crippen LogP contribution in [0.3, 0.4) is 0 Å². The van der Waals surface area contributed by atoms with Crippen molar-refractivity contribution >= 4 is 27.2 Å². The summed E-state index contributed by atoms with van der Waals surface area (Å²) in [4.78, 5) is 6.66. The minimum Gasteiger partial charge on any atom is -0.391 e. The Labute approximate surface area is 98.3 Å². The Morgan fingerprint density at radius 1 is 1.44 bits per heavy atom. The van der Waals surface area contributed by atoms with Crippen molar-refractivity contribution in [3.63, 3.8) is 0 Å². The lowest BCUT2D eigenvalue weighted by atomic mass is 10.1. The quantitative estimate of drug-likeness (QED) is 0.822. The molecule has 4 heteroatoms. The van der Waals surface area contributed by atoms with E-state index in [4.69, 9.17) is 0 Å². The number of thiophene rings is 1. The highest BCUT2D eigenvalue weighted by atomic mass is 32.1. The molecule has 0 spiro atoms. The zero-order valence-corrected chi connectivity index (χ0v) is 9.78. The first-order valence-corrected chi connectivity index (χ1v) is 6.48. The maximum absolute atomic E-state index is 9.70. The normalized spacial score (nSPS) is 21.6. The Morgan fingerprint density at radius 2 is 2.38 bits per heavy atom. The average Bonchev–Trinajstić information content (AvgIpc) is 2.76. The first-order chi connectivity index (χ1) is 7.84. The summed E-state index contributed by atoms with van der Waals surface area (Å²) < 4.78 is 1.27. The molecule has 1 aliphatic rings. The van der Waals surface area contributed by atoms with Crippen LogP contribution in [0.5, 0.6) is 0 Å². The first-order valence-electron chi connectivity index (χ1n) is 5.60. The molecule has 1 fully saturated rings. The van der Waals surface area contributed by atoms with Crippen LogP contribution in [0.4, 0.5) is 5.82 Å². The van der Waals surface area contributed by atoms with Crippen molar-refractivity contribution in [3.05, 3.63) is 23.7 Å². The number of aliphatic hydroxyl groups excluding tert-OH is 1. The van der Waals surface area contributed by atoms with Gasteiger partial charge in [0.05, 0.1) is 6.10 Å². The van der Waals surface area contributed by atoms with Gasteiger partial charge in [-0.25, -0.2) is 4.98 Å². The van der Waals surface area contributed by atoms with Gasteiger partial charge in [0.2, 0.25) is 0 Å². The highest BCUT2D eigenvalue weighted by Gasteiger charge is 2.20. The number of hydrogen-bond acceptors (Lipinski definition) is 4. The van der Waals surface area contributed by atoms with Crippen LogP contribution in [0.1, 0.15) is 12.8 Å². The molecule has 2 aromatic heterocycles. The van der Waals surface area contributed by atoms with Crippen molar-refractivity contribution in [1.82, 2.24) is 4.98 Å². The molecule has 3 nitrogen and oxygen atoms in total. The van der Waals surface area contributed by atoms with Gasteiger partial charge in [-0.2, -0.15) is 0 Å². The van der Waals surface area contributed by atoms with E-state index in [9.17, 15) is 5.11 Å². The Bertz CT molecular complexity index is 496. The molecule has 1 N–H and O–H groups in total. The second-order valence-electron chi connectivity index (χ2n) is 4.21. The van der Waals surface area contributed by atoms with Crippen LogP contribution >= 0.6 is 11.3 Å². The van der Waals surface area contributed by atoms with Crippen LogP contribution in [-0.4, -0.2) is 29.3 Å². The van der Waals surface area contributed by atoms with Crippen molar-refractivity contribution in [2.24, 2.45) is 0 Å². The zero-order chi connectivity index (χ0) is 11.0. The fraction of sp³-hybridized carbons (Fsp3) is 0.417. The van der Waals surface area contributed by atoms with Gasteiger partial charge in [-0.3, -0.25) is 0 Å². The predicted molar refractivity (Wildman–Crippen MR) is 67.1 cm³/mol. The molecule has 0 aliphatic carbocycles. The number of β-amino-alcohol motifs (C(OH)–C–C–N with tert-alkyl or cyclic N) is 1. The summed E-state index contributed by atoms with van der Waals surface area (Å²) in [6.45, 7) is 1.71. The van der Waals surface area contributed by atoms with Gasteiger partial charge in [0.25, 0.3) is 0 Å². The number of pyridine rings is 1. The van der Waals surface area contributed by atoms with Crippen LogP contribution in [0.2, 0.25) is 0 Å². The second-order valence-corrected chi connectivity index (χ2v) is 5.16. The van der Waals surface area contributed by atoms with Gasteiger partial charge in [0.1, 0.15) is 5.82 Å². The number of fused-ring (bicyclic) bond motifs is 1. The van der Waals surface area contributed by atoms with E-state index >= 15 is 0 Å². The topological polar surface area (TPSA) is 36.4 Å². The summed E-state index contributed by atoms with van der Waals surface area (Å²) in [6, 6.07) is 4.16. The number of piperidine rings is 1. The minimum atomic E-state index is -0.204. The molecule has 2 aromatic rings. The summed E-state index contributed by atoms with van der Waals surface area (Å²) in [5.74, 6) is 1.03. The van der Waals surface area contributed by atoms with Gasteiger partial charge in [-0.05, 0) is 30.4 Å². The van der Waals surface area contributed by atoms with E-state index in [0.29, 0.717) is 6.54 Å². The summed E-state index contributed by atoms with van der Waals surface area (Å²) in [6.07, 6.45) is 3.61. The highest BCUT2D eigenvalue weighted by molar-refractivity contribution is 7.17. The van der Waals surface area contributed by atoms with Crippen LogP contribution in [0.15, 0.2) is 23.7 Å². The van der Waals surface area contributed by atoms with Crippen LogP contribution < -0.4 is 4.90 Å².